The Kier molecular flexibility index (Phi) is 8.07. The third kappa shape index (κ3) is 5.72. The highest BCUT2D eigenvalue weighted by Crippen LogP contribution is 2.24. The normalized spacial score (nSPS) is 14.0. The summed E-state index contributed by atoms with van der Waals surface area (Å²) in [5.74, 6) is 3.62. The summed E-state index contributed by atoms with van der Waals surface area (Å²) in [6.07, 6.45) is 2.92. The minimum absolute atomic E-state index is 0.497. The molecule has 164 valence electrons. The summed E-state index contributed by atoms with van der Waals surface area (Å²) in [6, 6.07) is 6.44. The summed E-state index contributed by atoms with van der Waals surface area (Å²) in [5, 5.41) is 11.9. The Balaban J connectivity index is 1.71. The van der Waals surface area contributed by atoms with Crippen molar-refractivity contribution in [3.63, 3.8) is 0 Å². The molecule has 0 aliphatic carbocycles. The van der Waals surface area contributed by atoms with Gasteiger partial charge in [-0.25, -0.2) is 4.99 Å². The molecule has 0 atom stereocenters. The second-order valence-electron chi connectivity index (χ2n) is 7.59. The second kappa shape index (κ2) is 11.0. The molecule has 0 radical (unpaired) electrons. The van der Waals surface area contributed by atoms with E-state index in [2.05, 4.69) is 45.5 Å². The lowest BCUT2D eigenvalue weighted by molar-refractivity contribution is 0.195. The van der Waals surface area contributed by atoms with E-state index < -0.39 is 0 Å². The Morgan fingerprint density at radius 2 is 2.10 bits per heavy atom. The molecule has 0 bridgehead atoms. The lowest BCUT2D eigenvalue weighted by Gasteiger charge is -2.32. The highest BCUT2D eigenvalue weighted by molar-refractivity contribution is 5.80. The Hall–Kier alpha value is -2.61. The Labute approximate surface area is 179 Å². The number of aliphatic imine (C=N–C) groups is 1. The fourth-order valence-corrected chi connectivity index (χ4v) is 3.44. The molecule has 0 unspecified atom stereocenters. The summed E-state index contributed by atoms with van der Waals surface area (Å²) < 4.78 is 13.0. The van der Waals surface area contributed by atoms with Gasteiger partial charge in [-0.3, -0.25) is 0 Å². The lowest BCUT2D eigenvalue weighted by atomic mass is 9.99. The predicted octanol–water partition coefficient (Wildman–Crippen LogP) is 2.45. The first kappa shape index (κ1) is 22.1. The molecule has 30 heavy (non-hydrogen) atoms. The van der Waals surface area contributed by atoms with Crippen LogP contribution in [0.1, 0.15) is 42.5 Å². The van der Waals surface area contributed by atoms with Crippen molar-refractivity contribution in [3.05, 3.63) is 41.0 Å². The molecule has 0 spiro atoms. The zero-order valence-corrected chi connectivity index (χ0v) is 18.6. The fourth-order valence-electron chi connectivity index (χ4n) is 3.44. The number of rotatable bonds is 9. The van der Waals surface area contributed by atoms with Crippen LogP contribution in [-0.4, -0.2) is 59.0 Å². The molecule has 0 saturated heterocycles. The molecule has 8 nitrogen and oxygen atoms in total. The van der Waals surface area contributed by atoms with Crippen LogP contribution in [0.15, 0.2) is 23.2 Å². The van der Waals surface area contributed by atoms with Gasteiger partial charge in [0.05, 0.1) is 6.61 Å². The average Bonchev–Trinajstić information content (AvgIpc) is 3.09. The van der Waals surface area contributed by atoms with Gasteiger partial charge in [-0.2, -0.15) is 0 Å². The van der Waals surface area contributed by atoms with Crippen molar-refractivity contribution in [3.8, 4) is 5.75 Å². The number of aromatic nitrogens is 3. The smallest absolute Gasteiger partial charge is 0.194 e. The SMILES string of the molecule is CCCOc1ccc2c(c1)CCN(C(=NCc1nnc(C)n1C)NCCCOC)C2. The zero-order chi connectivity index (χ0) is 21.3. The first-order valence-electron chi connectivity index (χ1n) is 10.7. The van der Waals surface area contributed by atoms with Crippen molar-refractivity contribution in [2.45, 2.75) is 46.2 Å². The molecule has 0 amide bonds. The summed E-state index contributed by atoms with van der Waals surface area (Å²) in [6.45, 7) is 8.62. The van der Waals surface area contributed by atoms with E-state index in [4.69, 9.17) is 14.5 Å². The van der Waals surface area contributed by atoms with Gasteiger partial charge in [0.2, 0.25) is 0 Å². The lowest BCUT2D eigenvalue weighted by Crippen LogP contribution is -2.44. The van der Waals surface area contributed by atoms with Gasteiger partial charge < -0.3 is 24.3 Å². The van der Waals surface area contributed by atoms with Crippen LogP contribution in [0.4, 0.5) is 0 Å². The Morgan fingerprint density at radius 3 is 2.83 bits per heavy atom. The quantitative estimate of drug-likeness (QED) is 0.386. The van der Waals surface area contributed by atoms with Crippen LogP contribution < -0.4 is 10.1 Å². The first-order valence-corrected chi connectivity index (χ1v) is 10.7. The standard InChI is InChI=1S/C22H34N6O2/c1-5-12-30-20-8-7-19-16-28(11-9-18(19)14-20)22(23-10-6-13-29-4)24-15-21-26-25-17(2)27(21)3/h7-8,14H,5-6,9-13,15-16H2,1-4H3,(H,23,24). The molecule has 8 heteroatoms. The van der Waals surface area contributed by atoms with Gasteiger partial charge in [0.25, 0.3) is 0 Å². The molecule has 1 aliphatic rings. The van der Waals surface area contributed by atoms with Crippen LogP contribution in [0.5, 0.6) is 5.75 Å². The Morgan fingerprint density at radius 1 is 1.23 bits per heavy atom. The van der Waals surface area contributed by atoms with Crippen molar-refractivity contribution >= 4 is 5.96 Å². The number of hydrogen-bond donors (Lipinski definition) is 1. The highest BCUT2D eigenvalue weighted by Gasteiger charge is 2.20. The monoisotopic (exact) mass is 414 g/mol. The molecule has 0 fully saturated rings. The molecular formula is C22H34N6O2. The van der Waals surface area contributed by atoms with Crippen LogP contribution in [0.25, 0.3) is 0 Å². The minimum Gasteiger partial charge on any atom is -0.494 e. The summed E-state index contributed by atoms with van der Waals surface area (Å²) >= 11 is 0. The van der Waals surface area contributed by atoms with E-state index in [0.717, 1.165) is 75.5 Å². The molecule has 1 aromatic heterocycles. The number of fused-ring (bicyclic) bond motifs is 1. The van der Waals surface area contributed by atoms with E-state index in [1.54, 1.807) is 7.11 Å². The van der Waals surface area contributed by atoms with E-state index in [0.29, 0.717) is 6.54 Å². The van der Waals surface area contributed by atoms with Crippen molar-refractivity contribution in [2.75, 3.05) is 33.4 Å². The van der Waals surface area contributed by atoms with Gasteiger partial charge in [-0.15, -0.1) is 10.2 Å². The third-order valence-electron chi connectivity index (χ3n) is 5.32. The fraction of sp³-hybridized carbons (Fsp3) is 0.591. The zero-order valence-electron chi connectivity index (χ0n) is 18.6. The molecule has 2 heterocycles. The molecule has 2 aromatic rings. The number of guanidine groups is 1. The van der Waals surface area contributed by atoms with Gasteiger partial charge >= 0.3 is 0 Å². The second-order valence-corrected chi connectivity index (χ2v) is 7.59. The maximum Gasteiger partial charge on any atom is 0.194 e. The largest absolute Gasteiger partial charge is 0.494 e. The van der Waals surface area contributed by atoms with Crippen LogP contribution in [-0.2, 0) is 31.3 Å². The van der Waals surface area contributed by atoms with Crippen LogP contribution >= 0.6 is 0 Å². The molecule has 0 saturated carbocycles. The molecular weight excluding hydrogens is 380 g/mol. The molecule has 3 rings (SSSR count). The number of ether oxygens (including phenoxy) is 2. The van der Waals surface area contributed by atoms with Crippen molar-refractivity contribution in [1.29, 1.82) is 0 Å². The van der Waals surface area contributed by atoms with Gasteiger partial charge in [-0.05, 0) is 49.4 Å². The average molecular weight is 415 g/mol. The maximum atomic E-state index is 5.80. The Bertz CT molecular complexity index is 848. The van der Waals surface area contributed by atoms with Gasteiger partial charge in [0.15, 0.2) is 11.8 Å². The first-order chi connectivity index (χ1) is 14.6. The van der Waals surface area contributed by atoms with Crippen molar-refractivity contribution in [1.82, 2.24) is 25.0 Å². The topological polar surface area (TPSA) is 76.8 Å². The van der Waals surface area contributed by atoms with Crippen molar-refractivity contribution < 1.29 is 9.47 Å². The number of nitrogens with zero attached hydrogens (tertiary/aromatic N) is 5. The summed E-state index contributed by atoms with van der Waals surface area (Å²) in [4.78, 5) is 7.17. The molecule has 1 aromatic carbocycles. The van der Waals surface area contributed by atoms with E-state index in [1.807, 2.05) is 18.5 Å². The van der Waals surface area contributed by atoms with Crippen molar-refractivity contribution in [2.24, 2.45) is 12.0 Å². The number of nitrogens with one attached hydrogen (secondary N) is 1. The number of benzene rings is 1. The predicted molar refractivity (Wildman–Crippen MR) is 118 cm³/mol. The number of methoxy groups -OCH3 is 1. The van der Waals surface area contributed by atoms with E-state index in [1.165, 1.54) is 11.1 Å². The van der Waals surface area contributed by atoms with Crippen LogP contribution in [0, 0.1) is 6.92 Å². The maximum absolute atomic E-state index is 5.80. The van der Waals surface area contributed by atoms with Gasteiger partial charge in [-0.1, -0.05) is 13.0 Å². The van der Waals surface area contributed by atoms with Gasteiger partial charge in [0.1, 0.15) is 18.1 Å². The third-order valence-corrected chi connectivity index (χ3v) is 5.32. The number of aryl methyl sites for hydroxylation is 1. The van der Waals surface area contributed by atoms with E-state index >= 15 is 0 Å². The van der Waals surface area contributed by atoms with Gasteiger partial charge in [0, 0.05) is 40.4 Å². The highest BCUT2D eigenvalue weighted by atomic mass is 16.5. The molecule has 1 N–H and O–H groups in total. The number of hydrogen-bond acceptors (Lipinski definition) is 5. The minimum atomic E-state index is 0.497. The summed E-state index contributed by atoms with van der Waals surface area (Å²) in [5.41, 5.74) is 2.69. The van der Waals surface area contributed by atoms with E-state index in [-0.39, 0.29) is 0 Å². The van der Waals surface area contributed by atoms with E-state index in [9.17, 15) is 0 Å². The summed E-state index contributed by atoms with van der Waals surface area (Å²) in [7, 11) is 3.70. The molecule has 1 aliphatic heterocycles. The van der Waals surface area contributed by atoms with Crippen LogP contribution in [0.3, 0.4) is 0 Å². The van der Waals surface area contributed by atoms with Crippen LogP contribution in [0.2, 0.25) is 0 Å².